The summed E-state index contributed by atoms with van der Waals surface area (Å²) in [5.74, 6) is -0.0816. The molecule has 3 N–H and O–H groups in total. The first-order valence-electron chi connectivity index (χ1n) is 8.41. The Bertz CT molecular complexity index is 552. The maximum Gasteiger partial charge on any atom is 0.246 e. The highest BCUT2D eigenvalue weighted by Gasteiger charge is 2.36. The molecule has 1 heterocycles. The van der Waals surface area contributed by atoms with Crippen molar-refractivity contribution in [3.63, 3.8) is 0 Å². The van der Waals surface area contributed by atoms with Crippen LogP contribution in [0.4, 0.5) is 0 Å². The molecule has 24 heavy (non-hydrogen) atoms. The molecule has 0 radical (unpaired) electrons. The summed E-state index contributed by atoms with van der Waals surface area (Å²) in [6.07, 6.45) is 2.00. The maximum absolute atomic E-state index is 12.8. The predicted molar refractivity (Wildman–Crippen MR) is 92.2 cm³/mol. The van der Waals surface area contributed by atoms with E-state index in [9.17, 15) is 9.59 Å². The van der Waals surface area contributed by atoms with Crippen molar-refractivity contribution in [1.29, 1.82) is 0 Å². The van der Waals surface area contributed by atoms with Gasteiger partial charge in [0.05, 0.1) is 12.7 Å². The second-order valence-electron chi connectivity index (χ2n) is 6.35. The van der Waals surface area contributed by atoms with Crippen molar-refractivity contribution in [3.05, 3.63) is 35.9 Å². The lowest BCUT2D eigenvalue weighted by Crippen LogP contribution is -2.53. The molecule has 2 rings (SSSR count). The Balaban J connectivity index is 1.83. The zero-order valence-electron chi connectivity index (χ0n) is 14.5. The Hall–Kier alpha value is -1.92. The van der Waals surface area contributed by atoms with Crippen LogP contribution in [0, 0.1) is 0 Å². The number of benzene rings is 1. The molecule has 0 aliphatic carbocycles. The van der Waals surface area contributed by atoms with Crippen LogP contribution in [0.5, 0.6) is 0 Å². The number of ether oxygens (including phenoxy) is 1. The summed E-state index contributed by atoms with van der Waals surface area (Å²) in [7, 11) is 1.61. The molecule has 132 valence electrons. The van der Waals surface area contributed by atoms with Crippen LogP contribution in [0.15, 0.2) is 30.3 Å². The van der Waals surface area contributed by atoms with Crippen LogP contribution in [-0.4, -0.2) is 49.6 Å². The fourth-order valence-electron chi connectivity index (χ4n) is 2.91. The van der Waals surface area contributed by atoms with E-state index in [2.05, 4.69) is 5.32 Å². The minimum absolute atomic E-state index is 0.0237. The molecule has 1 saturated heterocycles. The van der Waals surface area contributed by atoms with Gasteiger partial charge >= 0.3 is 0 Å². The molecular formula is C18H27N3O3. The summed E-state index contributed by atoms with van der Waals surface area (Å²) in [4.78, 5) is 25.8. The van der Waals surface area contributed by atoms with E-state index in [0.717, 1.165) is 18.4 Å². The zero-order valence-corrected chi connectivity index (χ0v) is 14.5. The van der Waals surface area contributed by atoms with Crippen molar-refractivity contribution in [3.8, 4) is 0 Å². The number of carbonyl (C=O) groups is 2. The largest absolute Gasteiger partial charge is 0.378 e. The minimum Gasteiger partial charge on any atom is -0.378 e. The number of piperidine rings is 1. The summed E-state index contributed by atoms with van der Waals surface area (Å²) in [5.41, 5.74) is 6.11. The Morgan fingerprint density at radius 2 is 1.92 bits per heavy atom. The van der Waals surface area contributed by atoms with Crippen LogP contribution in [-0.2, 0) is 19.9 Å². The lowest BCUT2D eigenvalue weighted by molar-refractivity contribution is -0.139. The Morgan fingerprint density at radius 1 is 1.29 bits per heavy atom. The second kappa shape index (κ2) is 8.26. The van der Waals surface area contributed by atoms with Gasteiger partial charge in [0.25, 0.3) is 0 Å². The van der Waals surface area contributed by atoms with Gasteiger partial charge < -0.3 is 20.7 Å². The average molecular weight is 333 g/mol. The van der Waals surface area contributed by atoms with E-state index in [0.29, 0.717) is 26.1 Å². The van der Waals surface area contributed by atoms with E-state index >= 15 is 0 Å². The predicted octanol–water partition coefficient (Wildman–Crippen LogP) is 1.00. The first-order valence-corrected chi connectivity index (χ1v) is 8.41. The maximum atomic E-state index is 12.8. The normalized spacial score (nSPS) is 18.0. The molecule has 1 fully saturated rings. The SMILES string of the molecule is CNC(=O)CCOC1CCN(C(=O)C(C)(N)c2ccccc2)CC1. The average Bonchev–Trinajstić information content (AvgIpc) is 2.62. The second-order valence-corrected chi connectivity index (χ2v) is 6.35. The van der Waals surface area contributed by atoms with E-state index in [-0.39, 0.29) is 17.9 Å². The molecule has 0 saturated carbocycles. The molecule has 2 amide bonds. The number of amides is 2. The number of hydrogen-bond donors (Lipinski definition) is 2. The van der Waals surface area contributed by atoms with Crippen molar-refractivity contribution < 1.29 is 14.3 Å². The highest BCUT2D eigenvalue weighted by Crippen LogP contribution is 2.23. The van der Waals surface area contributed by atoms with E-state index in [4.69, 9.17) is 10.5 Å². The van der Waals surface area contributed by atoms with Crippen molar-refractivity contribution in [2.45, 2.75) is 37.8 Å². The summed E-state index contributed by atoms with van der Waals surface area (Å²) in [6, 6.07) is 9.45. The molecule has 1 aromatic carbocycles. The Kier molecular flexibility index (Phi) is 6.34. The van der Waals surface area contributed by atoms with Crippen molar-refractivity contribution in [2.24, 2.45) is 5.73 Å². The molecule has 0 spiro atoms. The van der Waals surface area contributed by atoms with Gasteiger partial charge in [0.2, 0.25) is 11.8 Å². The quantitative estimate of drug-likeness (QED) is 0.813. The van der Waals surface area contributed by atoms with Crippen molar-refractivity contribution in [1.82, 2.24) is 10.2 Å². The third kappa shape index (κ3) is 4.55. The van der Waals surface area contributed by atoms with Gasteiger partial charge in [-0.25, -0.2) is 0 Å². The highest BCUT2D eigenvalue weighted by molar-refractivity contribution is 5.87. The van der Waals surface area contributed by atoms with Gasteiger partial charge in [0.15, 0.2) is 0 Å². The number of nitrogens with zero attached hydrogens (tertiary/aromatic N) is 1. The standard InChI is InChI=1S/C18H27N3O3/c1-18(19,14-6-4-3-5-7-14)17(23)21-11-8-15(9-12-21)24-13-10-16(22)20-2/h3-7,15H,8-13,19H2,1-2H3,(H,20,22). The molecule has 6 heteroatoms. The van der Waals surface area contributed by atoms with Crippen LogP contribution in [0.2, 0.25) is 0 Å². The van der Waals surface area contributed by atoms with E-state index in [1.54, 1.807) is 14.0 Å². The lowest BCUT2D eigenvalue weighted by atomic mass is 9.90. The van der Waals surface area contributed by atoms with Gasteiger partial charge in [-0.05, 0) is 25.3 Å². The van der Waals surface area contributed by atoms with Crippen molar-refractivity contribution in [2.75, 3.05) is 26.7 Å². The third-order valence-corrected chi connectivity index (χ3v) is 4.51. The molecule has 6 nitrogen and oxygen atoms in total. The Labute approximate surface area is 143 Å². The van der Waals surface area contributed by atoms with Crippen LogP contribution in [0.1, 0.15) is 31.7 Å². The third-order valence-electron chi connectivity index (χ3n) is 4.51. The van der Waals surface area contributed by atoms with Gasteiger partial charge in [0.1, 0.15) is 5.54 Å². The van der Waals surface area contributed by atoms with Gasteiger partial charge in [-0.1, -0.05) is 30.3 Å². The summed E-state index contributed by atoms with van der Waals surface area (Å²) in [6.45, 7) is 3.43. The first-order chi connectivity index (χ1) is 11.4. The molecule has 0 bridgehead atoms. The summed E-state index contributed by atoms with van der Waals surface area (Å²) in [5, 5.41) is 2.57. The molecule has 1 aromatic rings. The minimum atomic E-state index is -1.02. The number of nitrogens with two attached hydrogens (primary N) is 1. The van der Waals surface area contributed by atoms with Gasteiger partial charge in [-0.2, -0.15) is 0 Å². The molecule has 1 unspecified atom stereocenters. The van der Waals surface area contributed by atoms with E-state index in [1.165, 1.54) is 0 Å². The number of rotatable bonds is 6. The zero-order chi connectivity index (χ0) is 17.6. The van der Waals surface area contributed by atoms with Gasteiger partial charge in [-0.3, -0.25) is 9.59 Å². The Morgan fingerprint density at radius 3 is 2.50 bits per heavy atom. The van der Waals surface area contributed by atoms with Gasteiger partial charge in [-0.15, -0.1) is 0 Å². The van der Waals surface area contributed by atoms with E-state index in [1.807, 2.05) is 35.2 Å². The molecule has 1 atom stereocenters. The first kappa shape index (κ1) is 18.4. The van der Waals surface area contributed by atoms with Crippen LogP contribution in [0.3, 0.4) is 0 Å². The molecule has 1 aliphatic rings. The van der Waals surface area contributed by atoms with E-state index < -0.39 is 5.54 Å². The van der Waals surface area contributed by atoms with Crippen LogP contribution < -0.4 is 11.1 Å². The molecule has 1 aliphatic heterocycles. The number of likely N-dealkylation sites (tertiary alicyclic amines) is 1. The van der Waals surface area contributed by atoms with Crippen molar-refractivity contribution >= 4 is 11.8 Å². The van der Waals surface area contributed by atoms with Crippen LogP contribution >= 0.6 is 0 Å². The molecular weight excluding hydrogens is 306 g/mol. The number of carbonyl (C=O) groups excluding carboxylic acids is 2. The number of nitrogens with one attached hydrogen (secondary N) is 1. The monoisotopic (exact) mass is 333 g/mol. The fraction of sp³-hybridized carbons (Fsp3) is 0.556. The topological polar surface area (TPSA) is 84.7 Å². The van der Waals surface area contributed by atoms with Gasteiger partial charge in [0, 0.05) is 26.6 Å². The number of hydrogen-bond acceptors (Lipinski definition) is 4. The molecule has 0 aromatic heterocycles. The highest BCUT2D eigenvalue weighted by atomic mass is 16.5. The fourth-order valence-corrected chi connectivity index (χ4v) is 2.91. The summed E-state index contributed by atoms with van der Waals surface area (Å²) >= 11 is 0. The smallest absolute Gasteiger partial charge is 0.246 e. The summed E-state index contributed by atoms with van der Waals surface area (Å²) < 4.78 is 5.72. The lowest BCUT2D eigenvalue weighted by Gasteiger charge is -2.37. The van der Waals surface area contributed by atoms with Crippen LogP contribution in [0.25, 0.3) is 0 Å².